The molecule has 1 aromatic rings. The van der Waals surface area contributed by atoms with E-state index in [0.717, 1.165) is 18.7 Å². The van der Waals surface area contributed by atoms with Gasteiger partial charge in [-0.3, -0.25) is 4.79 Å². The van der Waals surface area contributed by atoms with Crippen molar-refractivity contribution < 1.29 is 17.9 Å². The number of amides is 1. The topological polar surface area (TPSA) is 66.9 Å². The molecular formula is C18H28N2O4S. The first-order valence-electron chi connectivity index (χ1n) is 8.69. The maximum Gasteiger partial charge on any atom is 0.254 e. The maximum atomic E-state index is 12.9. The second-order valence-electron chi connectivity index (χ2n) is 6.52. The Balaban J connectivity index is 2.15. The summed E-state index contributed by atoms with van der Waals surface area (Å²) in [5, 5.41) is 0. The minimum absolute atomic E-state index is 0.0414. The van der Waals surface area contributed by atoms with Gasteiger partial charge in [0.1, 0.15) is 0 Å². The molecular weight excluding hydrogens is 340 g/mol. The number of benzene rings is 1. The van der Waals surface area contributed by atoms with Crippen LogP contribution in [0.25, 0.3) is 0 Å². The summed E-state index contributed by atoms with van der Waals surface area (Å²) in [5.41, 5.74) is 1.64. The zero-order valence-electron chi connectivity index (χ0n) is 15.3. The molecule has 1 amide bonds. The number of carbonyl (C=O) groups is 1. The molecule has 1 heterocycles. The van der Waals surface area contributed by atoms with E-state index < -0.39 is 9.84 Å². The number of anilines is 1. The number of methoxy groups -OCH3 is 1. The van der Waals surface area contributed by atoms with Crippen molar-refractivity contribution in [1.29, 1.82) is 0 Å². The Labute approximate surface area is 150 Å². The Morgan fingerprint density at radius 2 is 1.92 bits per heavy atom. The van der Waals surface area contributed by atoms with Gasteiger partial charge in [-0.05, 0) is 37.1 Å². The third-order valence-electron chi connectivity index (χ3n) is 4.56. The van der Waals surface area contributed by atoms with Gasteiger partial charge in [-0.25, -0.2) is 8.42 Å². The van der Waals surface area contributed by atoms with Crippen molar-refractivity contribution >= 4 is 21.4 Å². The molecule has 1 aliphatic rings. The molecule has 1 atom stereocenters. The number of hydrogen-bond acceptors (Lipinski definition) is 5. The predicted molar refractivity (Wildman–Crippen MR) is 100.0 cm³/mol. The molecule has 2 rings (SSSR count). The number of ether oxygens (including phenoxy) is 1. The normalized spacial score (nSPS) is 18.9. The Morgan fingerprint density at radius 1 is 1.24 bits per heavy atom. The van der Waals surface area contributed by atoms with Crippen LogP contribution in [0.4, 0.5) is 5.69 Å². The quantitative estimate of drug-likeness (QED) is 0.700. The van der Waals surface area contributed by atoms with Crippen molar-refractivity contribution in [2.75, 3.05) is 50.3 Å². The molecule has 0 radical (unpaired) electrons. The smallest absolute Gasteiger partial charge is 0.254 e. The van der Waals surface area contributed by atoms with E-state index in [2.05, 4.69) is 11.8 Å². The van der Waals surface area contributed by atoms with E-state index in [-0.39, 0.29) is 23.5 Å². The van der Waals surface area contributed by atoms with E-state index >= 15 is 0 Å². The molecule has 1 saturated heterocycles. The minimum atomic E-state index is -3.05. The van der Waals surface area contributed by atoms with Crippen LogP contribution in [-0.4, -0.2) is 70.6 Å². The van der Waals surface area contributed by atoms with Crippen molar-refractivity contribution in [2.45, 2.75) is 25.8 Å². The molecule has 0 aliphatic carbocycles. The average molecular weight is 368 g/mol. The van der Waals surface area contributed by atoms with Gasteiger partial charge in [0.25, 0.3) is 5.91 Å². The van der Waals surface area contributed by atoms with Gasteiger partial charge in [-0.15, -0.1) is 0 Å². The summed E-state index contributed by atoms with van der Waals surface area (Å²) in [6.45, 7) is 3.86. The monoisotopic (exact) mass is 368 g/mol. The Bertz CT molecular complexity index is 673. The summed E-state index contributed by atoms with van der Waals surface area (Å²) >= 11 is 0. The Hall–Kier alpha value is -1.60. The third kappa shape index (κ3) is 5.19. The second kappa shape index (κ2) is 8.67. The van der Waals surface area contributed by atoms with Gasteiger partial charge in [0, 0.05) is 44.5 Å². The van der Waals surface area contributed by atoms with Gasteiger partial charge in [0.05, 0.1) is 18.1 Å². The Kier molecular flexibility index (Phi) is 6.84. The largest absolute Gasteiger partial charge is 0.383 e. The number of carbonyl (C=O) groups excluding carboxylic acids is 1. The molecule has 1 fully saturated rings. The van der Waals surface area contributed by atoms with Gasteiger partial charge >= 0.3 is 0 Å². The van der Waals surface area contributed by atoms with Crippen LogP contribution in [0.2, 0.25) is 0 Å². The van der Waals surface area contributed by atoms with Crippen LogP contribution in [0, 0.1) is 0 Å². The lowest BCUT2D eigenvalue weighted by Gasteiger charge is -2.28. The summed E-state index contributed by atoms with van der Waals surface area (Å²) in [6.07, 6.45) is 1.55. The van der Waals surface area contributed by atoms with E-state index in [1.54, 1.807) is 12.0 Å². The standard InChI is InChI=1S/C18H28N2O4S/c1-4-10-19(2)16-7-5-15(6-8-16)18(21)20(11-12-24-3)17-9-13-25(22,23)14-17/h5-8,17H,4,9-14H2,1-3H3. The zero-order valence-corrected chi connectivity index (χ0v) is 16.1. The van der Waals surface area contributed by atoms with Crippen LogP contribution < -0.4 is 4.90 Å². The predicted octanol–water partition coefficient (Wildman–Crippen LogP) is 1.81. The fourth-order valence-corrected chi connectivity index (χ4v) is 4.88. The molecule has 0 N–H and O–H groups in total. The lowest BCUT2D eigenvalue weighted by Crippen LogP contribution is -2.43. The SMILES string of the molecule is CCCN(C)c1ccc(C(=O)N(CCOC)C2CCS(=O)(=O)C2)cc1. The van der Waals surface area contributed by atoms with Crippen molar-refractivity contribution in [2.24, 2.45) is 0 Å². The fraction of sp³-hybridized carbons (Fsp3) is 0.611. The van der Waals surface area contributed by atoms with Crippen LogP contribution in [0.3, 0.4) is 0 Å². The van der Waals surface area contributed by atoms with Crippen LogP contribution in [0.15, 0.2) is 24.3 Å². The molecule has 0 bridgehead atoms. The van der Waals surface area contributed by atoms with Gasteiger partial charge < -0.3 is 14.5 Å². The van der Waals surface area contributed by atoms with Crippen molar-refractivity contribution in [1.82, 2.24) is 4.90 Å². The van der Waals surface area contributed by atoms with Crippen molar-refractivity contribution in [3.8, 4) is 0 Å². The first-order chi connectivity index (χ1) is 11.9. The number of hydrogen-bond donors (Lipinski definition) is 0. The van der Waals surface area contributed by atoms with Crippen LogP contribution in [-0.2, 0) is 14.6 Å². The molecule has 1 aromatic carbocycles. The van der Waals surface area contributed by atoms with Crippen LogP contribution in [0.5, 0.6) is 0 Å². The molecule has 0 saturated carbocycles. The molecule has 7 heteroatoms. The van der Waals surface area contributed by atoms with E-state index in [1.807, 2.05) is 31.3 Å². The van der Waals surface area contributed by atoms with Crippen LogP contribution >= 0.6 is 0 Å². The van der Waals surface area contributed by atoms with E-state index in [0.29, 0.717) is 25.1 Å². The molecule has 25 heavy (non-hydrogen) atoms. The van der Waals surface area contributed by atoms with Gasteiger partial charge in [-0.1, -0.05) is 6.92 Å². The maximum absolute atomic E-state index is 12.9. The lowest BCUT2D eigenvalue weighted by molar-refractivity contribution is 0.0624. The molecule has 1 unspecified atom stereocenters. The van der Waals surface area contributed by atoms with Crippen LogP contribution in [0.1, 0.15) is 30.1 Å². The average Bonchev–Trinajstić information content (AvgIpc) is 2.95. The van der Waals surface area contributed by atoms with E-state index in [1.165, 1.54) is 0 Å². The molecule has 0 aromatic heterocycles. The first-order valence-corrected chi connectivity index (χ1v) is 10.5. The highest BCUT2D eigenvalue weighted by Gasteiger charge is 2.34. The summed E-state index contributed by atoms with van der Waals surface area (Å²) < 4.78 is 28.7. The number of rotatable bonds is 8. The minimum Gasteiger partial charge on any atom is -0.383 e. The van der Waals surface area contributed by atoms with E-state index in [9.17, 15) is 13.2 Å². The van der Waals surface area contributed by atoms with Crippen molar-refractivity contribution in [3.05, 3.63) is 29.8 Å². The van der Waals surface area contributed by atoms with Crippen molar-refractivity contribution in [3.63, 3.8) is 0 Å². The zero-order chi connectivity index (χ0) is 18.4. The Morgan fingerprint density at radius 3 is 2.44 bits per heavy atom. The van der Waals surface area contributed by atoms with Gasteiger partial charge in [-0.2, -0.15) is 0 Å². The van der Waals surface area contributed by atoms with Gasteiger partial charge in [0.2, 0.25) is 0 Å². The summed E-state index contributed by atoms with van der Waals surface area (Å²) in [4.78, 5) is 16.7. The van der Waals surface area contributed by atoms with E-state index in [4.69, 9.17) is 4.74 Å². The summed E-state index contributed by atoms with van der Waals surface area (Å²) in [5.74, 6) is 0.0541. The lowest BCUT2D eigenvalue weighted by atomic mass is 10.1. The number of nitrogens with zero attached hydrogens (tertiary/aromatic N) is 2. The molecule has 1 aliphatic heterocycles. The third-order valence-corrected chi connectivity index (χ3v) is 6.31. The number of sulfone groups is 1. The highest BCUT2D eigenvalue weighted by molar-refractivity contribution is 7.91. The first kappa shape index (κ1) is 19.7. The summed E-state index contributed by atoms with van der Waals surface area (Å²) in [6, 6.07) is 7.22. The molecule has 6 nitrogen and oxygen atoms in total. The molecule has 0 spiro atoms. The van der Waals surface area contributed by atoms with Gasteiger partial charge in [0.15, 0.2) is 9.84 Å². The second-order valence-corrected chi connectivity index (χ2v) is 8.75. The fourth-order valence-electron chi connectivity index (χ4n) is 3.15. The highest BCUT2D eigenvalue weighted by atomic mass is 32.2. The summed E-state index contributed by atoms with van der Waals surface area (Å²) in [7, 11) is 0.551. The highest BCUT2D eigenvalue weighted by Crippen LogP contribution is 2.21. The molecule has 140 valence electrons.